The van der Waals surface area contributed by atoms with Crippen molar-refractivity contribution in [2.75, 3.05) is 35.2 Å². The largest absolute Gasteiger partial charge is 0.353 e. The van der Waals surface area contributed by atoms with Crippen LogP contribution in [0.25, 0.3) is 22.0 Å². The molecule has 1 atom stereocenters. The number of benzene rings is 3. The first-order valence-corrected chi connectivity index (χ1v) is 16.1. The number of anilines is 4. The lowest BCUT2D eigenvalue weighted by Crippen LogP contribution is -2.60. The molecule has 5 aromatic rings. The molecule has 5 amide bonds. The highest BCUT2D eigenvalue weighted by Gasteiger charge is 2.45. The lowest BCUT2D eigenvalue weighted by Gasteiger charge is -2.41. The molecular formula is C34H28ClFN10O4. The first kappa shape index (κ1) is 31.2. The third-order valence-corrected chi connectivity index (χ3v) is 9.63. The Labute approximate surface area is 288 Å². The van der Waals surface area contributed by atoms with Crippen molar-refractivity contribution in [1.29, 1.82) is 0 Å². The van der Waals surface area contributed by atoms with Crippen LogP contribution < -0.4 is 26.6 Å². The van der Waals surface area contributed by atoms with E-state index in [1.54, 1.807) is 59.9 Å². The number of amides is 5. The molecule has 0 spiro atoms. The summed E-state index contributed by atoms with van der Waals surface area (Å²) in [6.07, 6.45) is 6.46. The monoisotopic (exact) mass is 694 g/mol. The zero-order chi connectivity index (χ0) is 34.7. The molecule has 2 aromatic heterocycles. The van der Waals surface area contributed by atoms with E-state index in [0.29, 0.717) is 70.7 Å². The van der Waals surface area contributed by atoms with E-state index in [4.69, 9.17) is 17.3 Å². The quantitative estimate of drug-likeness (QED) is 0.199. The summed E-state index contributed by atoms with van der Waals surface area (Å²) in [4.78, 5) is 61.9. The number of carbonyl (C=O) groups excluding carboxylic acids is 4. The van der Waals surface area contributed by atoms with E-state index in [1.807, 2.05) is 0 Å². The highest BCUT2D eigenvalue weighted by Crippen LogP contribution is 2.39. The number of hydrogen-bond donors (Lipinski definition) is 4. The molecule has 8 rings (SSSR count). The fourth-order valence-electron chi connectivity index (χ4n) is 6.82. The molecule has 3 aliphatic heterocycles. The van der Waals surface area contributed by atoms with E-state index in [-0.39, 0.29) is 28.7 Å². The number of hydrogen-bond acceptors (Lipinski definition) is 8. The Kier molecular flexibility index (Phi) is 7.57. The maximum absolute atomic E-state index is 16.0. The molecule has 50 heavy (non-hydrogen) atoms. The van der Waals surface area contributed by atoms with Crippen LogP contribution in [0.5, 0.6) is 0 Å². The minimum absolute atomic E-state index is 0.0750. The number of fused-ring (bicyclic) bond motifs is 3. The number of halogens is 2. The standard InChI is InChI=1S/C34H28ClFN10O4/c35-29-20(6-7-22-24(29)15-40-31(22)47)21-2-1-3-25(30(21)36)42-32(48)26-8-9-43-10-11-44(34(50)46(26)43)28-16-45(33(37)49)27-12-18(4-5-23(27)28)41-19-13-38-17-39-14-19/h1-7,12-14,16-17,26,41H,8-11,15H2,(H2,37,49)(H,40,47)(H,42,48)/t26-/m0/s1. The summed E-state index contributed by atoms with van der Waals surface area (Å²) in [5.41, 5.74) is 9.44. The van der Waals surface area contributed by atoms with Crippen molar-refractivity contribution >= 4 is 69.1 Å². The summed E-state index contributed by atoms with van der Waals surface area (Å²) < 4.78 is 17.2. The Morgan fingerprint density at radius 1 is 0.980 bits per heavy atom. The summed E-state index contributed by atoms with van der Waals surface area (Å²) >= 11 is 6.60. The van der Waals surface area contributed by atoms with Crippen LogP contribution in [0, 0.1) is 5.82 Å². The number of hydrazine groups is 1. The molecule has 0 aliphatic carbocycles. The second kappa shape index (κ2) is 12.1. The zero-order valence-corrected chi connectivity index (χ0v) is 26.9. The summed E-state index contributed by atoms with van der Waals surface area (Å²) in [5, 5.41) is 12.6. The number of nitrogens with one attached hydrogen (secondary N) is 3. The zero-order valence-electron chi connectivity index (χ0n) is 26.2. The molecule has 14 nitrogen and oxygen atoms in total. The number of urea groups is 1. The Morgan fingerprint density at radius 2 is 1.78 bits per heavy atom. The van der Waals surface area contributed by atoms with Crippen LogP contribution in [-0.4, -0.2) is 74.1 Å². The molecule has 3 aliphatic rings. The fourth-order valence-corrected chi connectivity index (χ4v) is 7.15. The van der Waals surface area contributed by atoms with Gasteiger partial charge in [-0.05, 0) is 36.8 Å². The molecule has 0 radical (unpaired) electrons. The Morgan fingerprint density at radius 3 is 2.58 bits per heavy atom. The van der Waals surface area contributed by atoms with E-state index in [2.05, 4.69) is 25.9 Å². The molecule has 2 fully saturated rings. The Hall–Kier alpha value is -6.06. The second-order valence-electron chi connectivity index (χ2n) is 12.0. The van der Waals surface area contributed by atoms with Crippen molar-refractivity contribution in [3.63, 3.8) is 0 Å². The van der Waals surface area contributed by atoms with E-state index >= 15 is 4.39 Å². The molecule has 2 saturated heterocycles. The van der Waals surface area contributed by atoms with Gasteiger partial charge in [-0.25, -0.2) is 34.0 Å². The lowest BCUT2D eigenvalue weighted by molar-refractivity contribution is -0.122. The van der Waals surface area contributed by atoms with Crippen LogP contribution in [0.1, 0.15) is 22.3 Å². The maximum atomic E-state index is 16.0. The van der Waals surface area contributed by atoms with Gasteiger partial charge < -0.3 is 21.7 Å². The summed E-state index contributed by atoms with van der Waals surface area (Å²) in [6.45, 7) is 1.40. The first-order chi connectivity index (χ1) is 24.2. The van der Waals surface area contributed by atoms with Crippen molar-refractivity contribution in [3.05, 3.63) is 95.4 Å². The van der Waals surface area contributed by atoms with Crippen LogP contribution in [0.15, 0.2) is 73.4 Å². The average Bonchev–Trinajstić information content (AvgIpc) is 3.83. The number of aromatic nitrogens is 3. The topological polar surface area (TPSA) is 171 Å². The van der Waals surface area contributed by atoms with Crippen molar-refractivity contribution in [3.8, 4) is 11.1 Å². The maximum Gasteiger partial charge on any atom is 0.339 e. The summed E-state index contributed by atoms with van der Waals surface area (Å²) in [5.74, 6) is -1.51. The van der Waals surface area contributed by atoms with Gasteiger partial charge in [0.05, 0.1) is 40.0 Å². The van der Waals surface area contributed by atoms with Gasteiger partial charge in [0.1, 0.15) is 12.4 Å². The van der Waals surface area contributed by atoms with Crippen molar-refractivity contribution < 1.29 is 23.6 Å². The second-order valence-corrected chi connectivity index (χ2v) is 12.4. The van der Waals surface area contributed by atoms with Crippen molar-refractivity contribution in [1.82, 2.24) is 29.9 Å². The number of carbonyl (C=O) groups is 4. The molecule has 5 N–H and O–H groups in total. The molecule has 252 valence electrons. The lowest BCUT2D eigenvalue weighted by atomic mass is 9.99. The van der Waals surface area contributed by atoms with Gasteiger partial charge >= 0.3 is 12.1 Å². The fraction of sp³-hybridized carbons (Fsp3) is 0.176. The van der Waals surface area contributed by atoms with Crippen LogP contribution >= 0.6 is 11.6 Å². The minimum Gasteiger partial charge on any atom is -0.353 e. The van der Waals surface area contributed by atoms with Crippen LogP contribution in [0.3, 0.4) is 0 Å². The van der Waals surface area contributed by atoms with Crippen LogP contribution in [0.2, 0.25) is 5.02 Å². The van der Waals surface area contributed by atoms with Crippen molar-refractivity contribution in [2.45, 2.75) is 19.0 Å². The first-order valence-electron chi connectivity index (χ1n) is 15.7. The van der Waals surface area contributed by atoms with Gasteiger partial charge in [-0.1, -0.05) is 29.8 Å². The van der Waals surface area contributed by atoms with E-state index in [9.17, 15) is 19.2 Å². The predicted molar refractivity (Wildman–Crippen MR) is 183 cm³/mol. The van der Waals surface area contributed by atoms with Gasteiger partial charge in [-0.3, -0.25) is 19.1 Å². The molecular weight excluding hydrogens is 667 g/mol. The molecule has 16 heteroatoms. The van der Waals surface area contributed by atoms with Gasteiger partial charge in [0.2, 0.25) is 5.91 Å². The van der Waals surface area contributed by atoms with Gasteiger partial charge in [0.25, 0.3) is 5.91 Å². The molecule has 5 heterocycles. The SMILES string of the molecule is NC(=O)n1cc(N2CCN3CC[C@@H](C(=O)Nc4cccc(-c5ccc6c(c5Cl)CNC6=O)c4F)N3C2=O)c2ccc(Nc3cncnc3)cc21. The number of nitrogens with zero attached hydrogens (tertiary/aromatic N) is 6. The molecule has 0 bridgehead atoms. The summed E-state index contributed by atoms with van der Waals surface area (Å²) in [6, 6.07) is 10.9. The molecule has 0 unspecified atom stereocenters. The Balaban J connectivity index is 1.05. The van der Waals surface area contributed by atoms with Gasteiger partial charge in [-0.15, -0.1) is 0 Å². The highest BCUT2D eigenvalue weighted by molar-refractivity contribution is 6.35. The smallest absolute Gasteiger partial charge is 0.339 e. The summed E-state index contributed by atoms with van der Waals surface area (Å²) in [7, 11) is 0. The molecule has 0 saturated carbocycles. The van der Waals surface area contributed by atoms with Gasteiger partial charge in [-0.2, -0.15) is 0 Å². The average molecular weight is 695 g/mol. The number of rotatable bonds is 6. The van der Waals surface area contributed by atoms with E-state index < -0.39 is 29.8 Å². The van der Waals surface area contributed by atoms with Crippen LogP contribution in [-0.2, 0) is 11.3 Å². The molecule has 3 aromatic carbocycles. The highest BCUT2D eigenvalue weighted by atomic mass is 35.5. The van der Waals surface area contributed by atoms with Gasteiger partial charge in [0.15, 0.2) is 5.82 Å². The third-order valence-electron chi connectivity index (χ3n) is 9.19. The Bertz CT molecular complexity index is 2250. The van der Waals surface area contributed by atoms with Crippen LogP contribution in [0.4, 0.5) is 36.7 Å². The van der Waals surface area contributed by atoms with Crippen molar-refractivity contribution in [2.24, 2.45) is 5.73 Å². The number of primary amides is 1. The van der Waals surface area contributed by atoms with E-state index in [1.165, 1.54) is 33.1 Å². The number of nitrogens with two attached hydrogens (primary N) is 1. The third kappa shape index (κ3) is 5.14. The van der Waals surface area contributed by atoms with Gasteiger partial charge in [0, 0.05) is 65.7 Å². The normalized spacial score (nSPS) is 17.1. The minimum atomic E-state index is -0.928. The predicted octanol–water partition coefficient (Wildman–Crippen LogP) is 4.67. The van der Waals surface area contributed by atoms with E-state index in [0.717, 1.165) is 0 Å².